The van der Waals surface area contributed by atoms with Crippen LogP contribution in [0.1, 0.15) is 44.2 Å². The molecule has 4 atom stereocenters. The molecule has 2 saturated heterocycles. The van der Waals surface area contributed by atoms with Gasteiger partial charge >= 0.3 is 5.97 Å². The highest BCUT2D eigenvalue weighted by Crippen LogP contribution is 2.49. The third kappa shape index (κ3) is 4.37. The van der Waals surface area contributed by atoms with Crippen molar-refractivity contribution < 1.29 is 29.0 Å². The number of nitrogens with two attached hydrogens (primary N) is 1. The quantitative estimate of drug-likeness (QED) is 0.360. The molecule has 1 aromatic rings. The van der Waals surface area contributed by atoms with E-state index in [0.717, 1.165) is 25.7 Å². The predicted octanol–water partition coefficient (Wildman–Crippen LogP) is 1.48. The van der Waals surface area contributed by atoms with Crippen LogP contribution in [0.3, 0.4) is 0 Å². The summed E-state index contributed by atoms with van der Waals surface area (Å²) < 4.78 is 11.7. The average molecular weight is 478 g/mol. The highest BCUT2D eigenvalue weighted by Gasteiger charge is 2.68. The van der Waals surface area contributed by atoms with Gasteiger partial charge in [-0.25, -0.2) is 0 Å². The second-order valence-corrected chi connectivity index (χ2v) is 10.0. The van der Waals surface area contributed by atoms with Gasteiger partial charge in [-0.15, -0.1) is 11.8 Å². The molecule has 9 nitrogen and oxygen atoms in total. The number of nitrogens with zero attached hydrogens (tertiary/aromatic N) is 1. The van der Waals surface area contributed by atoms with E-state index in [1.54, 1.807) is 31.2 Å². The zero-order valence-electron chi connectivity index (χ0n) is 18.7. The molecule has 4 rings (SSSR count). The molecule has 33 heavy (non-hydrogen) atoms. The van der Waals surface area contributed by atoms with Crippen molar-refractivity contribution in [2.24, 2.45) is 11.1 Å². The summed E-state index contributed by atoms with van der Waals surface area (Å²) in [4.78, 5) is 40.2. The molecule has 10 heteroatoms. The maximum absolute atomic E-state index is 13.5. The molecule has 3 aliphatic rings. The van der Waals surface area contributed by atoms with Crippen LogP contribution in [0.4, 0.5) is 0 Å². The second-order valence-electron chi connectivity index (χ2n) is 8.96. The molecule has 0 aromatic heterocycles. The first-order valence-electron chi connectivity index (χ1n) is 11.4. The van der Waals surface area contributed by atoms with Crippen LogP contribution in [0, 0.1) is 5.41 Å². The fourth-order valence-corrected chi connectivity index (χ4v) is 6.30. The lowest BCUT2D eigenvalue weighted by molar-refractivity contribution is -0.218. The van der Waals surface area contributed by atoms with E-state index in [4.69, 9.17) is 15.2 Å². The number of amides is 2. The zero-order chi connectivity index (χ0) is 23.6. The summed E-state index contributed by atoms with van der Waals surface area (Å²) in [5.41, 5.74) is 4.08. The number of hydrogen-bond donors (Lipinski definition) is 3. The van der Waals surface area contributed by atoms with E-state index in [-0.39, 0.29) is 25.0 Å². The van der Waals surface area contributed by atoms with Crippen LogP contribution in [0.5, 0.6) is 0 Å². The lowest BCUT2D eigenvalue weighted by atomic mass is 9.86. The van der Waals surface area contributed by atoms with Crippen molar-refractivity contribution in [3.63, 3.8) is 0 Å². The van der Waals surface area contributed by atoms with Gasteiger partial charge in [-0.3, -0.25) is 14.4 Å². The Morgan fingerprint density at radius 3 is 2.64 bits per heavy atom. The van der Waals surface area contributed by atoms with E-state index < -0.39 is 40.3 Å². The number of carboxylic acids is 1. The SMILES string of the molecule is CCOCC1(C(=O)O)CS[C@H]2N(C1)C(=O)C2(NC(=O)C(N)c1ccccc1)OC1CCCC1. The Balaban J connectivity index is 1.56. The Bertz CT molecular complexity index is 895. The van der Waals surface area contributed by atoms with E-state index in [9.17, 15) is 19.5 Å². The lowest BCUT2D eigenvalue weighted by Crippen LogP contribution is -2.83. The number of carbonyl (C=O) groups is 3. The Hall–Kier alpha value is -2.14. The number of rotatable bonds is 9. The summed E-state index contributed by atoms with van der Waals surface area (Å²) >= 11 is 1.31. The molecule has 1 aliphatic carbocycles. The van der Waals surface area contributed by atoms with Gasteiger partial charge < -0.3 is 30.5 Å². The van der Waals surface area contributed by atoms with Crippen LogP contribution in [-0.2, 0) is 23.9 Å². The molecule has 2 aliphatic heterocycles. The third-order valence-corrected chi connectivity index (χ3v) is 8.26. The van der Waals surface area contributed by atoms with Crippen LogP contribution in [0.2, 0.25) is 0 Å². The highest BCUT2D eigenvalue weighted by molar-refractivity contribution is 8.00. The molecular weight excluding hydrogens is 446 g/mol. The Morgan fingerprint density at radius 1 is 1.30 bits per heavy atom. The molecule has 1 saturated carbocycles. The van der Waals surface area contributed by atoms with Gasteiger partial charge in [0.1, 0.15) is 16.8 Å². The maximum atomic E-state index is 13.5. The van der Waals surface area contributed by atoms with E-state index in [0.29, 0.717) is 12.2 Å². The number of nitrogens with one attached hydrogen (secondary N) is 1. The predicted molar refractivity (Wildman–Crippen MR) is 122 cm³/mol. The third-order valence-electron chi connectivity index (χ3n) is 6.64. The minimum atomic E-state index is -1.54. The van der Waals surface area contributed by atoms with E-state index in [1.807, 2.05) is 6.07 Å². The number of aliphatic carboxylic acids is 1. The summed E-state index contributed by atoms with van der Waals surface area (Å²) in [7, 11) is 0. The van der Waals surface area contributed by atoms with Crippen LogP contribution >= 0.6 is 11.8 Å². The summed E-state index contributed by atoms with van der Waals surface area (Å²) in [6.07, 6.45) is 3.50. The van der Waals surface area contributed by atoms with E-state index in [2.05, 4.69) is 5.32 Å². The number of carboxylic acid groups (broad SMARTS) is 1. The standard InChI is InChI=1S/C23H31N3O6S/c1-2-31-13-22(21(29)30)12-26-19(28)23(20(26)33-14-22,32-16-10-6-7-11-16)25-18(27)17(24)15-8-4-3-5-9-15/h3-5,8-9,16-17,20H,2,6-7,10-14,24H2,1H3,(H,25,27)(H,29,30)/t17?,20-,22?,23?/m1/s1. The number of ether oxygens (including phenoxy) is 2. The van der Waals surface area contributed by atoms with Gasteiger partial charge in [0, 0.05) is 18.9 Å². The molecule has 180 valence electrons. The normalized spacial score (nSPS) is 30.4. The van der Waals surface area contributed by atoms with Crippen molar-refractivity contribution in [2.75, 3.05) is 25.5 Å². The topological polar surface area (TPSA) is 131 Å². The summed E-state index contributed by atoms with van der Waals surface area (Å²) in [6.45, 7) is 2.22. The molecule has 0 bridgehead atoms. The van der Waals surface area contributed by atoms with Crippen molar-refractivity contribution in [3.8, 4) is 0 Å². The average Bonchev–Trinajstić information content (AvgIpc) is 3.34. The van der Waals surface area contributed by atoms with Crippen LogP contribution in [-0.4, -0.2) is 70.5 Å². The van der Waals surface area contributed by atoms with Crippen molar-refractivity contribution in [1.29, 1.82) is 0 Å². The molecule has 2 heterocycles. The number of benzene rings is 1. The van der Waals surface area contributed by atoms with Gasteiger partial charge in [0.05, 0.1) is 12.7 Å². The molecule has 0 radical (unpaired) electrons. The number of hydrogen-bond acceptors (Lipinski definition) is 7. The van der Waals surface area contributed by atoms with Gasteiger partial charge in [-0.1, -0.05) is 43.2 Å². The number of thioether (sulfide) groups is 1. The first-order chi connectivity index (χ1) is 15.8. The zero-order valence-corrected chi connectivity index (χ0v) is 19.5. The maximum Gasteiger partial charge on any atom is 0.314 e. The van der Waals surface area contributed by atoms with Crippen molar-refractivity contribution >= 4 is 29.5 Å². The van der Waals surface area contributed by atoms with Crippen LogP contribution < -0.4 is 11.1 Å². The minimum Gasteiger partial charge on any atom is -0.481 e. The van der Waals surface area contributed by atoms with Gasteiger partial charge in [-0.05, 0) is 25.3 Å². The van der Waals surface area contributed by atoms with Gasteiger partial charge in [0.2, 0.25) is 5.91 Å². The molecular formula is C23H31N3O6S. The fraction of sp³-hybridized carbons (Fsp3) is 0.609. The van der Waals surface area contributed by atoms with Gasteiger partial charge in [0.25, 0.3) is 11.6 Å². The van der Waals surface area contributed by atoms with Crippen LogP contribution in [0.15, 0.2) is 30.3 Å². The molecule has 0 spiro atoms. The molecule has 4 N–H and O–H groups in total. The largest absolute Gasteiger partial charge is 0.481 e. The molecule has 3 fully saturated rings. The van der Waals surface area contributed by atoms with Gasteiger partial charge in [-0.2, -0.15) is 0 Å². The summed E-state index contributed by atoms with van der Waals surface area (Å²) in [5.74, 6) is -1.69. The smallest absolute Gasteiger partial charge is 0.314 e. The van der Waals surface area contributed by atoms with Crippen molar-refractivity contribution in [3.05, 3.63) is 35.9 Å². The van der Waals surface area contributed by atoms with Crippen LogP contribution in [0.25, 0.3) is 0 Å². The fourth-order valence-electron chi connectivity index (χ4n) is 4.72. The van der Waals surface area contributed by atoms with Gasteiger partial charge in [0.15, 0.2) is 0 Å². The van der Waals surface area contributed by atoms with Crippen molar-refractivity contribution in [1.82, 2.24) is 10.2 Å². The Kier molecular flexibility index (Phi) is 6.99. The van der Waals surface area contributed by atoms with Crippen molar-refractivity contribution in [2.45, 2.75) is 55.9 Å². The van der Waals surface area contributed by atoms with E-state index in [1.165, 1.54) is 16.7 Å². The Labute approximate surface area is 197 Å². The number of β-lactam (4-membered cyclic amide) rings is 1. The number of carbonyl (C=O) groups excluding carboxylic acids is 2. The van der Waals surface area contributed by atoms with E-state index >= 15 is 0 Å². The first-order valence-corrected chi connectivity index (χ1v) is 12.4. The highest BCUT2D eigenvalue weighted by atomic mass is 32.2. The number of fused-ring (bicyclic) bond motifs is 1. The second kappa shape index (κ2) is 9.61. The molecule has 1 aromatic carbocycles. The lowest BCUT2D eigenvalue weighted by Gasteiger charge is -2.59. The molecule has 2 amide bonds. The molecule has 3 unspecified atom stereocenters. The first kappa shape index (κ1) is 24.0. The summed E-state index contributed by atoms with van der Waals surface area (Å²) in [6, 6.07) is 7.99. The summed E-state index contributed by atoms with van der Waals surface area (Å²) in [5, 5.41) is 12.2. The minimum absolute atomic E-state index is 0.00915. The monoisotopic (exact) mass is 477 g/mol. The Morgan fingerprint density at radius 2 is 2.00 bits per heavy atom.